The third-order valence-corrected chi connectivity index (χ3v) is 2.95. The van der Waals surface area contributed by atoms with E-state index in [1.807, 2.05) is 0 Å². The number of rotatable bonds is 4. The first-order valence-corrected chi connectivity index (χ1v) is 6.43. The molecule has 1 aromatic rings. The van der Waals surface area contributed by atoms with Crippen LogP contribution in [-0.4, -0.2) is 27.5 Å². The molecule has 1 aromatic heterocycles. The molecule has 0 saturated heterocycles. The van der Waals surface area contributed by atoms with Crippen LogP contribution in [0.5, 0.6) is 0 Å². The van der Waals surface area contributed by atoms with Crippen molar-refractivity contribution in [3.8, 4) is 0 Å². The summed E-state index contributed by atoms with van der Waals surface area (Å²) in [6.07, 6.45) is 2.48. The van der Waals surface area contributed by atoms with Crippen molar-refractivity contribution in [3.05, 3.63) is 18.0 Å². The minimum atomic E-state index is -0.0987. The van der Waals surface area contributed by atoms with Gasteiger partial charge in [-0.1, -0.05) is 36.7 Å². The molecular weight excluding hydrogens is 270 g/mol. The van der Waals surface area contributed by atoms with Gasteiger partial charge < -0.3 is 5.32 Å². The van der Waals surface area contributed by atoms with Gasteiger partial charge in [-0.15, -0.1) is 0 Å². The zero-order valence-electron chi connectivity index (χ0n) is 9.88. The molecule has 5 heteroatoms. The third kappa shape index (κ3) is 3.63. The van der Waals surface area contributed by atoms with Gasteiger partial charge in [-0.25, -0.2) is 0 Å². The Kier molecular flexibility index (Phi) is 4.53. The number of aromatic amines is 1. The van der Waals surface area contributed by atoms with Crippen LogP contribution in [0.3, 0.4) is 0 Å². The Bertz CT molecular complexity index is 329. The van der Waals surface area contributed by atoms with Crippen molar-refractivity contribution in [1.82, 2.24) is 15.5 Å². The summed E-state index contributed by atoms with van der Waals surface area (Å²) >= 11 is 3.41. The number of halogens is 1. The Labute approximate surface area is 104 Å². The SMILES string of the molecule is CC(C)(C)C(CCBr)NC(=O)c1ccn[nH]1. The Morgan fingerprint density at radius 2 is 2.31 bits per heavy atom. The zero-order chi connectivity index (χ0) is 12.2. The van der Waals surface area contributed by atoms with E-state index >= 15 is 0 Å². The van der Waals surface area contributed by atoms with E-state index < -0.39 is 0 Å². The van der Waals surface area contributed by atoms with Crippen LogP contribution >= 0.6 is 15.9 Å². The van der Waals surface area contributed by atoms with E-state index in [2.05, 4.69) is 52.2 Å². The molecule has 0 fully saturated rings. The first-order valence-electron chi connectivity index (χ1n) is 5.31. The lowest BCUT2D eigenvalue weighted by Gasteiger charge is -2.30. The molecule has 0 aliphatic rings. The number of nitrogens with zero attached hydrogens (tertiary/aromatic N) is 1. The first-order chi connectivity index (χ1) is 7.45. The van der Waals surface area contributed by atoms with Crippen LogP contribution in [0, 0.1) is 5.41 Å². The van der Waals surface area contributed by atoms with E-state index in [9.17, 15) is 4.79 Å². The Hall–Kier alpha value is -0.840. The number of alkyl halides is 1. The molecule has 0 aliphatic heterocycles. The van der Waals surface area contributed by atoms with Crippen molar-refractivity contribution in [3.63, 3.8) is 0 Å². The minimum Gasteiger partial charge on any atom is -0.347 e. The number of nitrogens with one attached hydrogen (secondary N) is 2. The molecule has 1 amide bonds. The number of amides is 1. The third-order valence-electron chi connectivity index (χ3n) is 2.49. The van der Waals surface area contributed by atoms with Gasteiger partial charge >= 0.3 is 0 Å². The topological polar surface area (TPSA) is 57.8 Å². The number of carbonyl (C=O) groups is 1. The fraction of sp³-hybridized carbons (Fsp3) is 0.636. The number of hydrogen-bond donors (Lipinski definition) is 2. The average molecular weight is 288 g/mol. The second-order valence-electron chi connectivity index (χ2n) is 4.84. The molecule has 1 heterocycles. The molecule has 0 aliphatic carbocycles. The number of carbonyl (C=O) groups excluding carboxylic acids is 1. The van der Waals surface area contributed by atoms with E-state index in [1.165, 1.54) is 0 Å². The van der Waals surface area contributed by atoms with Gasteiger partial charge in [-0.3, -0.25) is 9.89 Å². The van der Waals surface area contributed by atoms with Crippen molar-refractivity contribution in [2.24, 2.45) is 5.41 Å². The number of hydrogen-bond acceptors (Lipinski definition) is 2. The summed E-state index contributed by atoms with van der Waals surface area (Å²) in [5.74, 6) is -0.0987. The molecule has 1 rings (SSSR count). The molecule has 2 N–H and O–H groups in total. The largest absolute Gasteiger partial charge is 0.347 e. The van der Waals surface area contributed by atoms with Crippen molar-refractivity contribution in [2.45, 2.75) is 33.2 Å². The van der Waals surface area contributed by atoms with Crippen LogP contribution in [-0.2, 0) is 0 Å². The van der Waals surface area contributed by atoms with Gasteiger partial charge in [0.25, 0.3) is 5.91 Å². The summed E-state index contributed by atoms with van der Waals surface area (Å²) < 4.78 is 0. The summed E-state index contributed by atoms with van der Waals surface area (Å²) in [6.45, 7) is 6.36. The summed E-state index contributed by atoms with van der Waals surface area (Å²) in [6, 6.07) is 1.81. The van der Waals surface area contributed by atoms with E-state index in [0.29, 0.717) is 5.69 Å². The van der Waals surface area contributed by atoms with Gasteiger partial charge in [-0.05, 0) is 17.9 Å². The van der Waals surface area contributed by atoms with Crippen molar-refractivity contribution in [2.75, 3.05) is 5.33 Å². The van der Waals surface area contributed by atoms with E-state index in [4.69, 9.17) is 0 Å². The van der Waals surface area contributed by atoms with Gasteiger partial charge in [-0.2, -0.15) is 5.10 Å². The summed E-state index contributed by atoms with van der Waals surface area (Å²) in [5.41, 5.74) is 0.549. The van der Waals surface area contributed by atoms with Gasteiger partial charge in [0, 0.05) is 17.6 Å². The van der Waals surface area contributed by atoms with Crippen molar-refractivity contribution < 1.29 is 4.79 Å². The molecular formula is C11H18BrN3O. The van der Waals surface area contributed by atoms with E-state index in [1.54, 1.807) is 12.3 Å². The fourth-order valence-corrected chi connectivity index (χ4v) is 1.91. The standard InChI is InChI=1S/C11H18BrN3O/c1-11(2,3)9(4-6-12)14-10(16)8-5-7-13-15-8/h5,7,9H,4,6H2,1-3H3,(H,13,15)(H,14,16). The van der Waals surface area contributed by atoms with Crippen LogP contribution in [0.1, 0.15) is 37.7 Å². The van der Waals surface area contributed by atoms with Gasteiger partial charge in [0.1, 0.15) is 5.69 Å². The highest BCUT2D eigenvalue weighted by Crippen LogP contribution is 2.22. The Balaban J connectivity index is 2.66. The molecule has 4 nitrogen and oxygen atoms in total. The molecule has 16 heavy (non-hydrogen) atoms. The molecule has 0 saturated carbocycles. The lowest BCUT2D eigenvalue weighted by atomic mass is 9.85. The smallest absolute Gasteiger partial charge is 0.269 e. The lowest BCUT2D eigenvalue weighted by Crippen LogP contribution is -2.44. The van der Waals surface area contributed by atoms with Crippen molar-refractivity contribution >= 4 is 21.8 Å². The predicted octanol–water partition coefficient (Wildman–Crippen LogP) is 2.34. The van der Waals surface area contributed by atoms with Crippen LogP contribution < -0.4 is 5.32 Å². The highest BCUT2D eigenvalue weighted by atomic mass is 79.9. The van der Waals surface area contributed by atoms with Crippen molar-refractivity contribution in [1.29, 1.82) is 0 Å². The molecule has 1 atom stereocenters. The summed E-state index contributed by atoms with van der Waals surface area (Å²) in [5, 5.41) is 10.3. The molecule has 90 valence electrons. The van der Waals surface area contributed by atoms with Crippen LogP contribution in [0.2, 0.25) is 0 Å². The monoisotopic (exact) mass is 287 g/mol. The molecule has 1 unspecified atom stereocenters. The minimum absolute atomic E-state index is 0.0451. The highest BCUT2D eigenvalue weighted by Gasteiger charge is 2.26. The van der Waals surface area contributed by atoms with E-state index in [0.717, 1.165) is 11.8 Å². The number of aromatic nitrogens is 2. The predicted molar refractivity (Wildman–Crippen MR) is 67.7 cm³/mol. The van der Waals surface area contributed by atoms with Gasteiger partial charge in [0.2, 0.25) is 0 Å². The first kappa shape index (κ1) is 13.2. The van der Waals surface area contributed by atoms with Crippen LogP contribution in [0.25, 0.3) is 0 Å². The summed E-state index contributed by atoms with van der Waals surface area (Å²) in [4.78, 5) is 11.8. The Morgan fingerprint density at radius 3 is 2.75 bits per heavy atom. The molecule has 0 spiro atoms. The molecule has 0 bridgehead atoms. The molecule has 0 aromatic carbocycles. The second-order valence-corrected chi connectivity index (χ2v) is 5.63. The fourth-order valence-electron chi connectivity index (χ4n) is 1.45. The quantitative estimate of drug-likeness (QED) is 0.835. The second kappa shape index (κ2) is 5.48. The van der Waals surface area contributed by atoms with Gasteiger partial charge in [0.15, 0.2) is 0 Å². The summed E-state index contributed by atoms with van der Waals surface area (Å²) in [7, 11) is 0. The van der Waals surface area contributed by atoms with Gasteiger partial charge in [0.05, 0.1) is 0 Å². The maximum absolute atomic E-state index is 11.8. The zero-order valence-corrected chi connectivity index (χ0v) is 11.5. The highest BCUT2D eigenvalue weighted by molar-refractivity contribution is 9.09. The number of H-pyrrole nitrogens is 1. The maximum Gasteiger partial charge on any atom is 0.269 e. The normalized spacial score (nSPS) is 13.5. The lowest BCUT2D eigenvalue weighted by molar-refractivity contribution is 0.0895. The van der Waals surface area contributed by atoms with E-state index in [-0.39, 0.29) is 17.4 Å². The molecule has 0 radical (unpaired) electrons. The van der Waals surface area contributed by atoms with Crippen LogP contribution in [0.15, 0.2) is 12.3 Å². The Morgan fingerprint density at radius 1 is 1.62 bits per heavy atom. The van der Waals surface area contributed by atoms with Crippen LogP contribution in [0.4, 0.5) is 0 Å². The average Bonchev–Trinajstić information content (AvgIpc) is 2.68. The maximum atomic E-state index is 11.8.